The number of rotatable bonds is 8. The number of hydrogen-bond acceptors (Lipinski definition) is 2. The highest BCUT2D eigenvalue weighted by Gasteiger charge is 2.10. The quantitative estimate of drug-likeness (QED) is 0.681. The second-order valence-electron chi connectivity index (χ2n) is 6.56. The molecule has 0 aliphatic heterocycles. The normalized spacial score (nSPS) is 10.8. The molecule has 2 aromatic rings. The molecule has 2 aromatic carbocycles. The van der Waals surface area contributed by atoms with E-state index in [2.05, 4.69) is 31.3 Å². The highest BCUT2D eigenvalue weighted by Crippen LogP contribution is 2.27. The molecule has 0 atom stereocenters. The molecule has 2 rings (SSSR count). The van der Waals surface area contributed by atoms with E-state index in [9.17, 15) is 4.79 Å². The van der Waals surface area contributed by atoms with Crippen LogP contribution in [0.4, 0.5) is 0 Å². The minimum atomic E-state index is -0.0904. The zero-order chi connectivity index (χ0) is 18.2. The van der Waals surface area contributed by atoms with Gasteiger partial charge in [-0.05, 0) is 60.6 Å². The van der Waals surface area contributed by atoms with Gasteiger partial charge in [-0.1, -0.05) is 49.7 Å². The number of carbonyl (C=O) groups excluding carboxylic acids is 1. The van der Waals surface area contributed by atoms with Gasteiger partial charge in [-0.3, -0.25) is 4.79 Å². The lowest BCUT2D eigenvalue weighted by Crippen LogP contribution is -2.30. The summed E-state index contributed by atoms with van der Waals surface area (Å²) >= 11 is 5.87. The number of amides is 1. The van der Waals surface area contributed by atoms with Crippen LogP contribution in [0.1, 0.15) is 42.9 Å². The molecular weight excluding hydrogens is 334 g/mol. The van der Waals surface area contributed by atoms with Crippen LogP contribution in [-0.4, -0.2) is 19.1 Å². The molecule has 0 heterocycles. The summed E-state index contributed by atoms with van der Waals surface area (Å²) in [5.41, 5.74) is 3.47. The van der Waals surface area contributed by atoms with Crippen molar-refractivity contribution in [1.82, 2.24) is 5.32 Å². The van der Waals surface area contributed by atoms with Crippen molar-refractivity contribution in [3.8, 4) is 5.75 Å². The summed E-state index contributed by atoms with van der Waals surface area (Å²) in [6.07, 6.45) is 1.79. The van der Waals surface area contributed by atoms with Gasteiger partial charge in [0.1, 0.15) is 5.75 Å². The van der Waals surface area contributed by atoms with Crippen LogP contribution < -0.4 is 10.1 Å². The molecule has 0 saturated carbocycles. The van der Waals surface area contributed by atoms with Gasteiger partial charge in [-0.25, -0.2) is 0 Å². The molecule has 0 unspecified atom stereocenters. The fourth-order valence-electron chi connectivity index (χ4n) is 2.61. The molecule has 25 heavy (non-hydrogen) atoms. The Morgan fingerprint density at radius 1 is 1.16 bits per heavy atom. The van der Waals surface area contributed by atoms with Crippen molar-refractivity contribution in [3.05, 3.63) is 64.2 Å². The Labute approximate surface area is 155 Å². The zero-order valence-electron chi connectivity index (χ0n) is 15.1. The summed E-state index contributed by atoms with van der Waals surface area (Å²) in [5.74, 6) is 1.07. The van der Waals surface area contributed by atoms with Crippen LogP contribution in [0.3, 0.4) is 0 Å². The Morgan fingerprint density at radius 3 is 2.56 bits per heavy atom. The van der Waals surface area contributed by atoms with Gasteiger partial charge in [0.25, 0.3) is 5.91 Å². The molecule has 0 bridgehead atoms. The van der Waals surface area contributed by atoms with Gasteiger partial charge in [-0.2, -0.15) is 0 Å². The smallest absolute Gasteiger partial charge is 0.257 e. The first kappa shape index (κ1) is 19.3. The third-order valence-electron chi connectivity index (χ3n) is 4.03. The first-order valence-corrected chi connectivity index (χ1v) is 9.08. The van der Waals surface area contributed by atoms with E-state index in [1.807, 2.05) is 37.3 Å². The number of aryl methyl sites for hydroxylation is 2. The van der Waals surface area contributed by atoms with Gasteiger partial charge >= 0.3 is 0 Å². The molecule has 0 aliphatic rings. The van der Waals surface area contributed by atoms with Crippen LogP contribution >= 0.6 is 11.6 Å². The summed E-state index contributed by atoms with van der Waals surface area (Å²) in [6.45, 7) is 6.94. The highest BCUT2D eigenvalue weighted by molar-refractivity contribution is 6.30. The summed E-state index contributed by atoms with van der Waals surface area (Å²) in [4.78, 5) is 12.0. The maximum atomic E-state index is 12.0. The Hall–Kier alpha value is -2.00. The molecule has 0 saturated heterocycles. The maximum absolute atomic E-state index is 12.0. The van der Waals surface area contributed by atoms with Crippen LogP contribution in [0.2, 0.25) is 5.02 Å². The minimum absolute atomic E-state index is 0.0458. The van der Waals surface area contributed by atoms with Crippen LogP contribution in [0.25, 0.3) is 0 Å². The minimum Gasteiger partial charge on any atom is -0.483 e. The Kier molecular flexibility index (Phi) is 7.32. The van der Waals surface area contributed by atoms with E-state index in [1.54, 1.807) is 0 Å². The maximum Gasteiger partial charge on any atom is 0.257 e. The molecular formula is C21H26ClNO2. The van der Waals surface area contributed by atoms with Gasteiger partial charge in [0, 0.05) is 11.6 Å². The van der Waals surface area contributed by atoms with Crippen molar-refractivity contribution in [1.29, 1.82) is 0 Å². The molecule has 1 amide bonds. The number of hydrogen-bond donors (Lipinski definition) is 1. The molecule has 1 N–H and O–H groups in total. The molecule has 0 fully saturated rings. The van der Waals surface area contributed by atoms with Crippen molar-refractivity contribution in [2.75, 3.05) is 13.2 Å². The number of halogens is 1. The van der Waals surface area contributed by atoms with Crippen LogP contribution in [0.5, 0.6) is 5.75 Å². The summed E-state index contributed by atoms with van der Waals surface area (Å²) < 4.78 is 5.74. The summed E-state index contributed by atoms with van der Waals surface area (Å²) in [7, 11) is 0. The Morgan fingerprint density at radius 2 is 1.88 bits per heavy atom. The average Bonchev–Trinajstić information content (AvgIpc) is 2.58. The van der Waals surface area contributed by atoms with Gasteiger partial charge < -0.3 is 10.1 Å². The largest absolute Gasteiger partial charge is 0.483 e. The van der Waals surface area contributed by atoms with E-state index in [-0.39, 0.29) is 12.5 Å². The summed E-state index contributed by atoms with van der Waals surface area (Å²) in [5, 5.41) is 3.65. The highest BCUT2D eigenvalue weighted by atomic mass is 35.5. The molecule has 0 radical (unpaired) electrons. The topological polar surface area (TPSA) is 38.3 Å². The first-order chi connectivity index (χ1) is 12.0. The third kappa shape index (κ3) is 6.43. The summed E-state index contributed by atoms with van der Waals surface area (Å²) in [6, 6.07) is 13.9. The van der Waals surface area contributed by atoms with E-state index < -0.39 is 0 Å². The second kappa shape index (κ2) is 9.47. The van der Waals surface area contributed by atoms with E-state index in [0.29, 0.717) is 12.5 Å². The fraction of sp³-hybridized carbons (Fsp3) is 0.381. The molecule has 0 spiro atoms. The van der Waals surface area contributed by atoms with Crippen molar-refractivity contribution in [2.24, 2.45) is 0 Å². The SMILES string of the molecule is Cc1ccc(C(C)C)c(OCC(=O)NCCCc2ccc(Cl)cc2)c1. The predicted molar refractivity (Wildman–Crippen MR) is 104 cm³/mol. The van der Waals surface area contributed by atoms with Gasteiger partial charge in [-0.15, -0.1) is 0 Å². The predicted octanol–water partition coefficient (Wildman–Crippen LogP) is 4.90. The van der Waals surface area contributed by atoms with Crippen molar-refractivity contribution in [3.63, 3.8) is 0 Å². The van der Waals surface area contributed by atoms with E-state index in [1.165, 1.54) is 5.56 Å². The fourth-order valence-corrected chi connectivity index (χ4v) is 2.74. The zero-order valence-corrected chi connectivity index (χ0v) is 15.9. The Balaban J connectivity index is 1.74. The number of nitrogens with one attached hydrogen (secondary N) is 1. The van der Waals surface area contributed by atoms with Crippen LogP contribution in [0, 0.1) is 6.92 Å². The number of ether oxygens (including phenoxy) is 1. The monoisotopic (exact) mass is 359 g/mol. The van der Waals surface area contributed by atoms with Gasteiger partial charge in [0.15, 0.2) is 6.61 Å². The van der Waals surface area contributed by atoms with Crippen molar-refractivity contribution < 1.29 is 9.53 Å². The molecule has 4 heteroatoms. The first-order valence-electron chi connectivity index (χ1n) is 8.70. The number of carbonyl (C=O) groups is 1. The lowest BCUT2D eigenvalue weighted by atomic mass is 10.0. The Bertz CT molecular complexity index is 696. The van der Waals surface area contributed by atoms with Crippen LogP contribution in [-0.2, 0) is 11.2 Å². The van der Waals surface area contributed by atoms with Gasteiger partial charge in [0.2, 0.25) is 0 Å². The lowest BCUT2D eigenvalue weighted by molar-refractivity contribution is -0.123. The average molecular weight is 360 g/mol. The third-order valence-corrected chi connectivity index (χ3v) is 4.28. The van der Waals surface area contributed by atoms with Gasteiger partial charge in [0.05, 0.1) is 0 Å². The number of benzene rings is 2. The van der Waals surface area contributed by atoms with E-state index in [0.717, 1.165) is 34.7 Å². The molecule has 0 aromatic heterocycles. The molecule has 0 aliphatic carbocycles. The lowest BCUT2D eigenvalue weighted by Gasteiger charge is -2.14. The molecule has 3 nitrogen and oxygen atoms in total. The van der Waals surface area contributed by atoms with Crippen molar-refractivity contribution in [2.45, 2.75) is 39.5 Å². The van der Waals surface area contributed by atoms with E-state index >= 15 is 0 Å². The van der Waals surface area contributed by atoms with Crippen molar-refractivity contribution >= 4 is 17.5 Å². The molecule has 134 valence electrons. The standard InChI is InChI=1S/C21H26ClNO2/c1-15(2)19-11-6-16(3)13-20(19)25-14-21(24)23-12-4-5-17-7-9-18(22)10-8-17/h6-11,13,15H,4-5,12,14H2,1-3H3,(H,23,24). The second-order valence-corrected chi connectivity index (χ2v) is 7.00. The van der Waals surface area contributed by atoms with E-state index in [4.69, 9.17) is 16.3 Å². The van der Waals surface area contributed by atoms with Crippen LogP contribution in [0.15, 0.2) is 42.5 Å².